The fraction of sp³-hybridized carbons (Fsp3) is 0.533. The van der Waals surface area contributed by atoms with Crippen molar-refractivity contribution in [2.75, 3.05) is 6.54 Å². The minimum atomic E-state index is 0.0343. The lowest BCUT2D eigenvalue weighted by molar-refractivity contribution is -0.121. The van der Waals surface area contributed by atoms with Crippen LogP contribution < -0.4 is 10.6 Å². The van der Waals surface area contributed by atoms with Crippen LogP contribution in [-0.4, -0.2) is 23.6 Å². The standard InChI is InChI=1S/C15H24N2O2/c1-3-14(4-2)17-15(19)10-16-9-12-6-5-7-13(8-12)11-18/h5-8,14,16,18H,3-4,9-11H2,1-2H3,(H,17,19). The van der Waals surface area contributed by atoms with Gasteiger partial charge in [0.1, 0.15) is 0 Å². The summed E-state index contributed by atoms with van der Waals surface area (Å²) < 4.78 is 0. The van der Waals surface area contributed by atoms with E-state index in [9.17, 15) is 4.79 Å². The molecule has 0 unspecified atom stereocenters. The molecule has 3 N–H and O–H groups in total. The van der Waals surface area contributed by atoms with Gasteiger partial charge in [0.05, 0.1) is 13.2 Å². The van der Waals surface area contributed by atoms with Gasteiger partial charge in [0.15, 0.2) is 0 Å². The zero-order chi connectivity index (χ0) is 14.1. The molecular formula is C15H24N2O2. The molecule has 1 aromatic carbocycles. The van der Waals surface area contributed by atoms with Crippen LogP contribution in [-0.2, 0) is 17.9 Å². The number of carbonyl (C=O) groups excluding carboxylic acids is 1. The van der Waals surface area contributed by atoms with Gasteiger partial charge in [0, 0.05) is 12.6 Å². The van der Waals surface area contributed by atoms with Crippen molar-refractivity contribution in [3.8, 4) is 0 Å². The van der Waals surface area contributed by atoms with Crippen molar-refractivity contribution >= 4 is 5.91 Å². The quantitative estimate of drug-likeness (QED) is 0.668. The molecule has 0 saturated heterocycles. The van der Waals surface area contributed by atoms with E-state index in [1.807, 2.05) is 24.3 Å². The molecule has 0 bridgehead atoms. The first-order valence-corrected chi connectivity index (χ1v) is 6.88. The van der Waals surface area contributed by atoms with Gasteiger partial charge < -0.3 is 15.7 Å². The number of hydrogen-bond acceptors (Lipinski definition) is 3. The number of aliphatic hydroxyl groups excluding tert-OH is 1. The van der Waals surface area contributed by atoms with Gasteiger partial charge in [-0.2, -0.15) is 0 Å². The fourth-order valence-electron chi connectivity index (χ4n) is 1.93. The maximum absolute atomic E-state index is 11.7. The molecule has 19 heavy (non-hydrogen) atoms. The Balaban J connectivity index is 2.31. The van der Waals surface area contributed by atoms with Gasteiger partial charge in [0.25, 0.3) is 0 Å². The Morgan fingerprint density at radius 3 is 2.58 bits per heavy atom. The molecule has 0 saturated carbocycles. The van der Waals surface area contributed by atoms with Crippen molar-refractivity contribution in [3.05, 3.63) is 35.4 Å². The molecule has 0 aromatic heterocycles. The smallest absolute Gasteiger partial charge is 0.234 e. The van der Waals surface area contributed by atoms with Gasteiger partial charge in [-0.15, -0.1) is 0 Å². The molecule has 0 atom stereocenters. The number of rotatable bonds is 8. The van der Waals surface area contributed by atoms with Crippen molar-refractivity contribution < 1.29 is 9.90 Å². The van der Waals surface area contributed by atoms with E-state index in [2.05, 4.69) is 24.5 Å². The summed E-state index contributed by atoms with van der Waals surface area (Å²) >= 11 is 0. The van der Waals surface area contributed by atoms with E-state index >= 15 is 0 Å². The molecule has 0 heterocycles. The van der Waals surface area contributed by atoms with Gasteiger partial charge >= 0.3 is 0 Å². The van der Waals surface area contributed by atoms with Crippen molar-refractivity contribution in [3.63, 3.8) is 0 Å². The second kappa shape index (κ2) is 8.67. The van der Waals surface area contributed by atoms with Crippen LogP contribution in [0.3, 0.4) is 0 Å². The van der Waals surface area contributed by atoms with Gasteiger partial charge in [-0.1, -0.05) is 38.1 Å². The van der Waals surface area contributed by atoms with Crippen LogP contribution in [0.5, 0.6) is 0 Å². The second-order valence-electron chi connectivity index (χ2n) is 4.66. The van der Waals surface area contributed by atoms with E-state index in [-0.39, 0.29) is 18.6 Å². The Hall–Kier alpha value is -1.39. The van der Waals surface area contributed by atoms with Gasteiger partial charge in [-0.05, 0) is 24.0 Å². The van der Waals surface area contributed by atoms with E-state index < -0.39 is 0 Å². The van der Waals surface area contributed by atoms with Gasteiger partial charge in [-0.3, -0.25) is 4.79 Å². The Morgan fingerprint density at radius 2 is 1.95 bits per heavy atom. The average Bonchev–Trinajstić information content (AvgIpc) is 2.45. The predicted molar refractivity (Wildman–Crippen MR) is 76.6 cm³/mol. The Labute approximate surface area is 115 Å². The first-order chi connectivity index (χ1) is 9.19. The van der Waals surface area contributed by atoms with E-state index in [0.717, 1.165) is 24.0 Å². The molecule has 0 aliphatic heterocycles. The lowest BCUT2D eigenvalue weighted by Crippen LogP contribution is -2.39. The third-order valence-corrected chi connectivity index (χ3v) is 3.14. The Kier molecular flexibility index (Phi) is 7.15. The molecule has 1 amide bonds. The highest BCUT2D eigenvalue weighted by molar-refractivity contribution is 5.78. The molecule has 1 aromatic rings. The summed E-state index contributed by atoms with van der Waals surface area (Å²) in [4.78, 5) is 11.7. The van der Waals surface area contributed by atoms with E-state index in [1.165, 1.54) is 0 Å². The van der Waals surface area contributed by atoms with E-state index in [1.54, 1.807) is 0 Å². The van der Waals surface area contributed by atoms with Crippen LogP contribution in [0, 0.1) is 0 Å². The Bertz CT molecular complexity index is 389. The molecule has 106 valence electrons. The molecule has 1 rings (SSSR count). The normalized spacial score (nSPS) is 10.7. The minimum absolute atomic E-state index is 0.0343. The number of hydrogen-bond donors (Lipinski definition) is 3. The van der Waals surface area contributed by atoms with Crippen LogP contribution in [0.15, 0.2) is 24.3 Å². The number of benzene rings is 1. The zero-order valence-electron chi connectivity index (χ0n) is 11.8. The SMILES string of the molecule is CCC(CC)NC(=O)CNCc1cccc(CO)c1. The molecule has 4 nitrogen and oxygen atoms in total. The number of nitrogens with one attached hydrogen (secondary N) is 2. The van der Waals surface area contributed by atoms with Crippen LogP contribution >= 0.6 is 0 Å². The van der Waals surface area contributed by atoms with Gasteiger partial charge in [-0.25, -0.2) is 0 Å². The topological polar surface area (TPSA) is 61.4 Å². The first-order valence-electron chi connectivity index (χ1n) is 6.88. The number of amides is 1. The van der Waals surface area contributed by atoms with Gasteiger partial charge in [0.2, 0.25) is 5.91 Å². The zero-order valence-corrected chi connectivity index (χ0v) is 11.8. The van der Waals surface area contributed by atoms with Crippen molar-refractivity contribution in [2.45, 2.75) is 45.9 Å². The predicted octanol–water partition coefficient (Wildman–Crippen LogP) is 1.57. The summed E-state index contributed by atoms with van der Waals surface area (Å²) in [6, 6.07) is 7.97. The average molecular weight is 264 g/mol. The third kappa shape index (κ3) is 5.85. The minimum Gasteiger partial charge on any atom is -0.392 e. The largest absolute Gasteiger partial charge is 0.392 e. The van der Waals surface area contributed by atoms with Crippen molar-refractivity contribution in [2.24, 2.45) is 0 Å². The van der Waals surface area contributed by atoms with Crippen LogP contribution in [0.1, 0.15) is 37.8 Å². The third-order valence-electron chi connectivity index (χ3n) is 3.14. The van der Waals surface area contributed by atoms with Crippen molar-refractivity contribution in [1.29, 1.82) is 0 Å². The number of aliphatic hydroxyl groups is 1. The molecule has 0 fully saturated rings. The fourth-order valence-corrected chi connectivity index (χ4v) is 1.93. The molecular weight excluding hydrogens is 240 g/mol. The first kappa shape index (κ1) is 15.7. The van der Waals surface area contributed by atoms with E-state index in [0.29, 0.717) is 13.1 Å². The summed E-state index contributed by atoms with van der Waals surface area (Å²) in [5, 5.41) is 15.1. The summed E-state index contributed by atoms with van der Waals surface area (Å²) in [5.74, 6) is 0.0343. The highest BCUT2D eigenvalue weighted by Gasteiger charge is 2.07. The van der Waals surface area contributed by atoms with Crippen LogP contribution in [0.4, 0.5) is 0 Å². The molecule has 0 aliphatic carbocycles. The summed E-state index contributed by atoms with van der Waals surface area (Å²) in [5.41, 5.74) is 1.96. The summed E-state index contributed by atoms with van der Waals surface area (Å²) in [6.07, 6.45) is 1.92. The van der Waals surface area contributed by atoms with Crippen LogP contribution in [0.2, 0.25) is 0 Å². The second-order valence-corrected chi connectivity index (χ2v) is 4.66. The lowest BCUT2D eigenvalue weighted by Gasteiger charge is -2.15. The molecule has 0 radical (unpaired) electrons. The molecule has 4 heteroatoms. The maximum Gasteiger partial charge on any atom is 0.234 e. The highest BCUT2D eigenvalue weighted by atomic mass is 16.3. The molecule has 0 aliphatic rings. The molecule has 0 spiro atoms. The highest BCUT2D eigenvalue weighted by Crippen LogP contribution is 2.04. The van der Waals surface area contributed by atoms with E-state index in [4.69, 9.17) is 5.11 Å². The van der Waals surface area contributed by atoms with Crippen molar-refractivity contribution in [1.82, 2.24) is 10.6 Å². The van der Waals surface area contributed by atoms with Crippen LogP contribution in [0.25, 0.3) is 0 Å². The monoisotopic (exact) mass is 264 g/mol. The Morgan fingerprint density at radius 1 is 1.26 bits per heavy atom. The summed E-state index contributed by atoms with van der Waals surface area (Å²) in [6.45, 7) is 5.14. The summed E-state index contributed by atoms with van der Waals surface area (Å²) in [7, 11) is 0. The lowest BCUT2D eigenvalue weighted by atomic mass is 10.1. The number of carbonyl (C=O) groups is 1. The maximum atomic E-state index is 11.7.